The van der Waals surface area contributed by atoms with Gasteiger partial charge in [0.05, 0.1) is 30.2 Å². The van der Waals surface area contributed by atoms with Gasteiger partial charge in [0.2, 0.25) is 0 Å². The number of alkyl halides is 3. The van der Waals surface area contributed by atoms with Crippen molar-refractivity contribution < 1.29 is 18.3 Å². The van der Waals surface area contributed by atoms with E-state index in [1.165, 1.54) is 6.07 Å². The Morgan fingerprint density at radius 2 is 2.28 bits per heavy atom. The quantitative estimate of drug-likeness (QED) is 0.466. The molecule has 0 spiro atoms. The number of halogens is 4. The van der Waals surface area contributed by atoms with Crippen LogP contribution in [0.5, 0.6) is 0 Å². The Hall–Kier alpha value is -0.750. The number of esters is 1. The maximum absolute atomic E-state index is 12.9. The molecular formula is C11H11BrClF2NO2. The molecule has 0 atom stereocenters. The molecule has 0 amide bonds. The Morgan fingerprint density at radius 3 is 2.78 bits per heavy atom. The molecule has 1 heterocycles. The van der Waals surface area contributed by atoms with E-state index >= 15 is 0 Å². The van der Waals surface area contributed by atoms with Gasteiger partial charge in [-0.3, -0.25) is 4.79 Å². The van der Waals surface area contributed by atoms with Gasteiger partial charge in [-0.2, -0.15) is 0 Å². The van der Waals surface area contributed by atoms with E-state index in [2.05, 4.69) is 20.9 Å². The number of nitrogens with zero attached hydrogens (tertiary/aromatic N) is 1. The van der Waals surface area contributed by atoms with Crippen molar-refractivity contribution in [1.82, 2.24) is 4.98 Å². The second-order valence-electron chi connectivity index (χ2n) is 3.39. The number of hydrogen-bond acceptors (Lipinski definition) is 3. The first-order valence-electron chi connectivity index (χ1n) is 5.17. The zero-order valence-electron chi connectivity index (χ0n) is 9.55. The highest BCUT2D eigenvalue weighted by molar-refractivity contribution is 9.10. The molecule has 0 N–H and O–H groups in total. The minimum Gasteiger partial charge on any atom is -0.466 e. The van der Waals surface area contributed by atoms with Gasteiger partial charge >= 0.3 is 5.97 Å². The van der Waals surface area contributed by atoms with Crippen molar-refractivity contribution in [3.05, 3.63) is 27.5 Å². The molecule has 18 heavy (non-hydrogen) atoms. The maximum Gasteiger partial charge on any atom is 0.310 e. The van der Waals surface area contributed by atoms with Crippen LogP contribution in [0.15, 0.2) is 10.7 Å². The number of carbonyl (C=O) groups excluding carboxylic acids is 1. The molecule has 0 radical (unpaired) electrons. The molecule has 3 nitrogen and oxygen atoms in total. The standard InChI is InChI=1S/C11H11BrClF2NO2/c1-2-18-8(17)4-6-3-7(5-13)16-10(12)9(6)11(14)15/h3,11H,2,4-5H2,1H3. The van der Waals surface area contributed by atoms with E-state index in [1.807, 2.05) is 0 Å². The van der Waals surface area contributed by atoms with Crippen LogP contribution in [0.4, 0.5) is 8.78 Å². The molecule has 1 aromatic rings. The maximum atomic E-state index is 12.9. The van der Waals surface area contributed by atoms with Gasteiger partial charge < -0.3 is 4.74 Å². The molecular weight excluding hydrogens is 331 g/mol. The van der Waals surface area contributed by atoms with Crippen LogP contribution in [0.3, 0.4) is 0 Å². The zero-order valence-corrected chi connectivity index (χ0v) is 11.9. The number of rotatable bonds is 5. The van der Waals surface area contributed by atoms with Crippen molar-refractivity contribution in [2.45, 2.75) is 25.7 Å². The molecule has 0 saturated carbocycles. The summed E-state index contributed by atoms with van der Waals surface area (Å²) in [5.74, 6) is -0.476. The summed E-state index contributed by atoms with van der Waals surface area (Å²) < 4.78 is 30.6. The fourth-order valence-corrected chi connectivity index (χ4v) is 2.23. The first-order valence-corrected chi connectivity index (χ1v) is 6.50. The average molecular weight is 343 g/mol. The van der Waals surface area contributed by atoms with Crippen LogP contribution in [0.2, 0.25) is 0 Å². The Bertz CT molecular complexity index is 443. The van der Waals surface area contributed by atoms with Gasteiger partial charge in [-0.05, 0) is 34.5 Å². The summed E-state index contributed by atoms with van der Waals surface area (Å²) >= 11 is 8.58. The Kier molecular flexibility index (Phi) is 5.95. The molecule has 0 aliphatic carbocycles. The van der Waals surface area contributed by atoms with E-state index in [0.717, 1.165) is 0 Å². The van der Waals surface area contributed by atoms with E-state index in [1.54, 1.807) is 6.92 Å². The fraction of sp³-hybridized carbons (Fsp3) is 0.455. The van der Waals surface area contributed by atoms with Crippen molar-refractivity contribution in [3.63, 3.8) is 0 Å². The molecule has 1 rings (SSSR count). The van der Waals surface area contributed by atoms with Crippen molar-refractivity contribution in [3.8, 4) is 0 Å². The topological polar surface area (TPSA) is 39.2 Å². The van der Waals surface area contributed by atoms with Gasteiger partial charge in [0.25, 0.3) is 6.43 Å². The second kappa shape index (κ2) is 6.99. The molecule has 0 unspecified atom stereocenters. The van der Waals surface area contributed by atoms with Crippen molar-refractivity contribution in [2.75, 3.05) is 6.61 Å². The van der Waals surface area contributed by atoms with Crippen LogP contribution < -0.4 is 0 Å². The van der Waals surface area contributed by atoms with E-state index < -0.39 is 12.4 Å². The fourth-order valence-electron chi connectivity index (χ4n) is 1.44. The van der Waals surface area contributed by atoms with E-state index in [9.17, 15) is 13.6 Å². The number of pyridine rings is 1. The number of carbonyl (C=O) groups is 1. The van der Waals surface area contributed by atoms with Gasteiger partial charge in [0.15, 0.2) is 0 Å². The van der Waals surface area contributed by atoms with Crippen LogP contribution in [0, 0.1) is 0 Å². The summed E-state index contributed by atoms with van der Waals surface area (Å²) in [5.41, 5.74) is 0.310. The van der Waals surface area contributed by atoms with Crippen LogP contribution in [0.1, 0.15) is 30.2 Å². The monoisotopic (exact) mass is 341 g/mol. The summed E-state index contributed by atoms with van der Waals surface area (Å²) in [6.45, 7) is 1.86. The summed E-state index contributed by atoms with van der Waals surface area (Å²) in [4.78, 5) is 15.2. The summed E-state index contributed by atoms with van der Waals surface area (Å²) in [6, 6.07) is 1.40. The van der Waals surface area contributed by atoms with Crippen molar-refractivity contribution in [2.24, 2.45) is 0 Å². The Morgan fingerprint density at radius 1 is 1.61 bits per heavy atom. The predicted molar refractivity (Wildman–Crippen MR) is 66.8 cm³/mol. The summed E-state index contributed by atoms with van der Waals surface area (Å²) in [5, 5.41) is 0. The highest BCUT2D eigenvalue weighted by atomic mass is 79.9. The molecule has 0 aromatic carbocycles. The molecule has 0 aliphatic rings. The molecule has 0 aliphatic heterocycles. The number of aromatic nitrogens is 1. The first kappa shape index (κ1) is 15.3. The molecule has 0 bridgehead atoms. The lowest BCUT2D eigenvalue weighted by atomic mass is 10.1. The molecule has 1 aromatic heterocycles. The van der Waals surface area contributed by atoms with Gasteiger partial charge in [-0.25, -0.2) is 13.8 Å². The van der Waals surface area contributed by atoms with Crippen molar-refractivity contribution in [1.29, 1.82) is 0 Å². The van der Waals surface area contributed by atoms with Gasteiger partial charge in [-0.15, -0.1) is 11.6 Å². The lowest BCUT2D eigenvalue weighted by Gasteiger charge is -2.11. The Labute approximate surface area is 117 Å². The van der Waals surface area contributed by atoms with Gasteiger partial charge in [0.1, 0.15) is 4.60 Å². The van der Waals surface area contributed by atoms with Crippen molar-refractivity contribution >= 4 is 33.5 Å². The third-order valence-electron chi connectivity index (χ3n) is 2.15. The normalized spacial score (nSPS) is 10.8. The summed E-state index contributed by atoms with van der Waals surface area (Å²) in [7, 11) is 0. The predicted octanol–water partition coefficient (Wildman–Crippen LogP) is 3.63. The third-order valence-corrected chi connectivity index (χ3v) is 3.02. The lowest BCUT2D eigenvalue weighted by Crippen LogP contribution is -2.11. The number of hydrogen-bond donors (Lipinski definition) is 0. The highest BCUT2D eigenvalue weighted by Gasteiger charge is 2.21. The number of ether oxygens (including phenoxy) is 1. The summed E-state index contributed by atoms with van der Waals surface area (Å²) in [6.07, 6.45) is -2.95. The third kappa shape index (κ3) is 3.88. The first-order chi connectivity index (χ1) is 8.49. The SMILES string of the molecule is CCOC(=O)Cc1cc(CCl)nc(Br)c1C(F)F. The van der Waals surface area contributed by atoms with Gasteiger partial charge in [-0.1, -0.05) is 0 Å². The molecule has 100 valence electrons. The van der Waals surface area contributed by atoms with Gasteiger partial charge in [0, 0.05) is 0 Å². The van der Waals surface area contributed by atoms with E-state index in [4.69, 9.17) is 16.3 Å². The van der Waals surface area contributed by atoms with Crippen LogP contribution in [-0.2, 0) is 21.8 Å². The molecule has 7 heteroatoms. The smallest absolute Gasteiger partial charge is 0.310 e. The second-order valence-corrected chi connectivity index (χ2v) is 4.41. The largest absolute Gasteiger partial charge is 0.466 e. The minimum absolute atomic E-state index is 0.00921. The average Bonchev–Trinajstić information content (AvgIpc) is 2.27. The zero-order chi connectivity index (χ0) is 13.7. The van der Waals surface area contributed by atoms with E-state index in [-0.39, 0.29) is 34.6 Å². The minimum atomic E-state index is -2.72. The van der Waals surface area contributed by atoms with Crippen LogP contribution in [-0.4, -0.2) is 17.6 Å². The van der Waals surface area contributed by atoms with Crippen LogP contribution >= 0.6 is 27.5 Å². The molecule has 0 saturated heterocycles. The lowest BCUT2D eigenvalue weighted by molar-refractivity contribution is -0.142. The van der Waals surface area contributed by atoms with E-state index in [0.29, 0.717) is 5.69 Å². The molecule has 0 fully saturated rings. The Balaban J connectivity index is 3.13. The van der Waals surface area contributed by atoms with Crippen LogP contribution in [0.25, 0.3) is 0 Å². The highest BCUT2D eigenvalue weighted by Crippen LogP contribution is 2.30.